The largest absolute Gasteiger partial charge is 0.344 e. The summed E-state index contributed by atoms with van der Waals surface area (Å²) in [6, 6.07) is 9.20. The highest BCUT2D eigenvalue weighted by Crippen LogP contribution is 2.54. The Morgan fingerprint density at radius 2 is 1.93 bits per heavy atom. The van der Waals surface area contributed by atoms with Gasteiger partial charge >= 0.3 is 0 Å². The fourth-order valence-electron chi connectivity index (χ4n) is 2.78. The predicted molar refractivity (Wildman–Crippen MR) is 114 cm³/mol. The number of benzene rings is 2. The summed E-state index contributed by atoms with van der Waals surface area (Å²) in [5.41, 5.74) is -0.676. The monoisotopic (exact) mass is 457 g/mol. The first-order valence-electron chi connectivity index (χ1n) is 8.05. The lowest BCUT2D eigenvalue weighted by Crippen LogP contribution is -2.25. The lowest BCUT2D eigenvalue weighted by molar-refractivity contribution is -0.120. The van der Waals surface area contributed by atoms with Gasteiger partial charge in [0.05, 0.1) is 0 Å². The van der Waals surface area contributed by atoms with Crippen molar-refractivity contribution < 1.29 is 18.6 Å². The van der Waals surface area contributed by atoms with Crippen LogP contribution in [0.2, 0.25) is 10.0 Å². The smallest absolute Gasteiger partial charge is 0.241 e. The average Bonchev–Trinajstić information content (AvgIpc) is 2.99. The van der Waals surface area contributed by atoms with E-state index in [0.717, 1.165) is 11.4 Å². The Balaban J connectivity index is 1.91. The highest BCUT2D eigenvalue weighted by atomic mass is 35.5. The number of carbonyl (C=O) groups excluding carboxylic acids is 1. The van der Waals surface area contributed by atoms with E-state index >= 15 is 0 Å². The fraction of sp³-hybridized carbons (Fsp3) is 0.105. The Morgan fingerprint density at radius 3 is 2.64 bits per heavy atom. The molecule has 0 spiro atoms. The molecule has 4 nitrogen and oxygen atoms in total. The van der Waals surface area contributed by atoms with E-state index < -0.39 is 24.8 Å². The average molecular weight is 458 g/mol. The molecule has 1 aromatic heterocycles. The van der Waals surface area contributed by atoms with Crippen LogP contribution in [0.5, 0.6) is 0 Å². The lowest BCUT2D eigenvalue weighted by atomic mass is 10.1. The van der Waals surface area contributed by atoms with Crippen molar-refractivity contribution in [1.29, 1.82) is 0 Å². The summed E-state index contributed by atoms with van der Waals surface area (Å²) in [6.45, 7) is 1.13. The number of amides is 1. The van der Waals surface area contributed by atoms with E-state index in [2.05, 4.69) is 5.32 Å². The molecule has 146 valence electrons. The maximum atomic E-state index is 13.8. The number of halogens is 3. The maximum Gasteiger partial charge on any atom is 0.241 e. The molecule has 2 aromatic carbocycles. The summed E-state index contributed by atoms with van der Waals surface area (Å²) in [6.07, 6.45) is 2.55. The van der Waals surface area contributed by atoms with Crippen molar-refractivity contribution in [2.75, 3.05) is 6.66 Å². The van der Waals surface area contributed by atoms with Gasteiger partial charge in [-0.2, -0.15) is 0 Å². The standard InChI is InChI=1S/C19H15Cl2FNO3PS/c1-27(25,26)18(15-10-28-17-5-3-13(21)9-14(15)17)19(24)23-7-6-11-8-12(20)2-4-16(11)22/h2-10,18H,1H3,(H,23,24)(H,25,26)/b7-6+. The van der Waals surface area contributed by atoms with Crippen molar-refractivity contribution in [2.24, 2.45) is 0 Å². The van der Waals surface area contributed by atoms with Crippen LogP contribution < -0.4 is 5.32 Å². The minimum atomic E-state index is -3.85. The third-order valence-electron chi connectivity index (χ3n) is 4.03. The molecule has 0 saturated heterocycles. The molecule has 1 heterocycles. The number of rotatable bonds is 5. The van der Waals surface area contributed by atoms with Gasteiger partial charge in [-0.25, -0.2) is 4.39 Å². The molecule has 0 aliphatic carbocycles. The summed E-state index contributed by atoms with van der Waals surface area (Å²) in [7, 11) is -3.85. The number of hydrogen-bond acceptors (Lipinski definition) is 3. The summed E-state index contributed by atoms with van der Waals surface area (Å²) >= 11 is 13.2. The number of nitrogens with one attached hydrogen (secondary N) is 1. The third-order valence-corrected chi connectivity index (χ3v) is 6.96. The molecule has 0 fully saturated rings. The van der Waals surface area contributed by atoms with Crippen LogP contribution in [0.3, 0.4) is 0 Å². The highest BCUT2D eigenvalue weighted by molar-refractivity contribution is 7.58. The first-order chi connectivity index (χ1) is 13.2. The van der Waals surface area contributed by atoms with Gasteiger partial charge in [0, 0.05) is 33.2 Å². The topological polar surface area (TPSA) is 66.4 Å². The second-order valence-corrected chi connectivity index (χ2v) is 10.4. The quantitative estimate of drug-likeness (QED) is 0.456. The summed E-state index contributed by atoms with van der Waals surface area (Å²) in [5, 5.41) is 5.60. The van der Waals surface area contributed by atoms with Gasteiger partial charge in [0.25, 0.3) is 0 Å². The van der Waals surface area contributed by atoms with Crippen LogP contribution in [0.1, 0.15) is 16.8 Å². The summed E-state index contributed by atoms with van der Waals surface area (Å²) in [4.78, 5) is 22.9. The lowest BCUT2D eigenvalue weighted by Gasteiger charge is -2.18. The molecule has 0 radical (unpaired) electrons. The molecule has 0 aliphatic heterocycles. The third kappa shape index (κ3) is 4.65. The first-order valence-corrected chi connectivity index (χ1v) is 11.9. The van der Waals surface area contributed by atoms with Crippen molar-refractivity contribution in [3.05, 3.63) is 75.0 Å². The zero-order valence-corrected chi connectivity index (χ0v) is 17.7. The SMILES string of the molecule is CP(=O)(O)C(C(=O)N/C=C/c1cc(Cl)ccc1F)c1csc2ccc(Cl)cc12. The molecule has 0 bridgehead atoms. The van der Waals surface area contributed by atoms with Crippen molar-refractivity contribution in [3.8, 4) is 0 Å². The maximum absolute atomic E-state index is 13.8. The van der Waals surface area contributed by atoms with Gasteiger partial charge in [-0.3, -0.25) is 9.36 Å². The van der Waals surface area contributed by atoms with E-state index in [1.807, 2.05) is 0 Å². The summed E-state index contributed by atoms with van der Waals surface area (Å²) < 4.78 is 27.1. The van der Waals surface area contributed by atoms with Crippen LogP contribution >= 0.6 is 41.9 Å². The molecule has 2 N–H and O–H groups in total. The van der Waals surface area contributed by atoms with Crippen molar-refractivity contribution in [1.82, 2.24) is 5.32 Å². The predicted octanol–water partition coefficient (Wildman–Crippen LogP) is 6.08. The van der Waals surface area contributed by atoms with Crippen LogP contribution in [-0.2, 0) is 9.36 Å². The molecule has 1 amide bonds. The molecular formula is C19H15Cl2FNO3PS. The van der Waals surface area contributed by atoms with Gasteiger partial charge in [0.15, 0.2) is 0 Å². The second-order valence-electron chi connectivity index (χ2n) is 6.19. The normalized spacial score (nSPS) is 14.9. The first kappa shape index (κ1) is 21.0. The Morgan fingerprint density at radius 1 is 1.25 bits per heavy atom. The molecular weight excluding hydrogens is 443 g/mol. The number of hydrogen-bond donors (Lipinski definition) is 2. The van der Waals surface area contributed by atoms with E-state index in [-0.39, 0.29) is 5.56 Å². The van der Waals surface area contributed by atoms with Crippen LogP contribution in [-0.4, -0.2) is 17.5 Å². The number of thiophene rings is 1. The van der Waals surface area contributed by atoms with Gasteiger partial charge < -0.3 is 10.2 Å². The van der Waals surface area contributed by atoms with E-state index in [1.165, 1.54) is 41.8 Å². The number of carbonyl (C=O) groups is 1. The van der Waals surface area contributed by atoms with Crippen molar-refractivity contribution in [3.63, 3.8) is 0 Å². The van der Waals surface area contributed by atoms with Gasteiger partial charge in [0.2, 0.25) is 13.3 Å². The Hall–Kier alpha value is -1.69. The minimum absolute atomic E-state index is 0.181. The molecule has 2 atom stereocenters. The van der Waals surface area contributed by atoms with Crippen LogP contribution in [0, 0.1) is 5.82 Å². The second kappa shape index (κ2) is 8.36. The Kier molecular flexibility index (Phi) is 6.28. The van der Waals surface area contributed by atoms with Gasteiger partial charge in [-0.15, -0.1) is 11.3 Å². The molecule has 2 unspecified atom stereocenters. The van der Waals surface area contributed by atoms with Crippen LogP contribution in [0.25, 0.3) is 16.2 Å². The molecule has 0 aliphatic rings. The molecule has 3 rings (SSSR count). The summed E-state index contributed by atoms with van der Waals surface area (Å²) in [5.74, 6) is -1.18. The van der Waals surface area contributed by atoms with Gasteiger partial charge in [0.1, 0.15) is 11.5 Å². The van der Waals surface area contributed by atoms with E-state index in [9.17, 15) is 18.6 Å². The Bertz CT molecular complexity index is 1130. The molecule has 3 aromatic rings. The number of fused-ring (bicyclic) bond motifs is 1. The van der Waals surface area contributed by atoms with Gasteiger partial charge in [-0.1, -0.05) is 23.2 Å². The van der Waals surface area contributed by atoms with E-state index in [1.54, 1.807) is 23.6 Å². The van der Waals surface area contributed by atoms with E-state index in [4.69, 9.17) is 23.2 Å². The van der Waals surface area contributed by atoms with Gasteiger partial charge in [-0.05, 0) is 58.8 Å². The Labute approximate surface area is 175 Å². The molecule has 28 heavy (non-hydrogen) atoms. The minimum Gasteiger partial charge on any atom is -0.344 e. The van der Waals surface area contributed by atoms with E-state index in [0.29, 0.717) is 21.0 Å². The van der Waals surface area contributed by atoms with Crippen molar-refractivity contribution >= 4 is 64.0 Å². The highest BCUT2D eigenvalue weighted by Gasteiger charge is 2.36. The zero-order chi connectivity index (χ0) is 20.5. The molecule has 9 heteroatoms. The zero-order valence-electron chi connectivity index (χ0n) is 14.5. The fourth-order valence-corrected chi connectivity index (χ4v) is 5.44. The van der Waals surface area contributed by atoms with Crippen LogP contribution in [0.4, 0.5) is 4.39 Å². The molecule has 0 saturated carbocycles. The van der Waals surface area contributed by atoms with Crippen LogP contribution in [0.15, 0.2) is 48.0 Å². The van der Waals surface area contributed by atoms with Crippen molar-refractivity contribution in [2.45, 2.75) is 5.66 Å².